The molecule has 6 rings (SSSR count). The molecule has 0 atom stereocenters. The number of alkyl halides is 6. The molecule has 0 aliphatic heterocycles. The number of pyridine rings is 2. The number of sulfonamides is 2. The third kappa shape index (κ3) is 18.7. The Bertz CT molecular complexity index is 3440. The number of nitrogens with two attached hydrogens (primary N) is 1. The van der Waals surface area contributed by atoms with E-state index in [-0.39, 0.29) is 90.0 Å². The number of carbonyl (C=O) groups is 4. The Hall–Kier alpha value is -4.67. The first-order chi connectivity index (χ1) is 34.5. The molecule has 2 amide bonds. The minimum atomic E-state index is -4.91. The number of aromatic nitrogens is 2. The fourth-order valence-corrected chi connectivity index (χ4v) is 9.08. The monoisotopic (exact) mass is 1260 g/mol. The average molecular weight is 1270 g/mol. The first-order valence-corrected chi connectivity index (χ1v) is 25.7. The van der Waals surface area contributed by atoms with Crippen molar-refractivity contribution in [2.45, 2.75) is 28.6 Å². The number of hydrogen-bond acceptors (Lipinski definition) is 12. The Morgan fingerprint density at radius 3 is 1.30 bits per heavy atom. The van der Waals surface area contributed by atoms with E-state index in [0.717, 1.165) is 48.8 Å². The van der Waals surface area contributed by atoms with E-state index in [9.17, 15) is 62.4 Å². The van der Waals surface area contributed by atoms with E-state index in [1.54, 1.807) is 34.3 Å². The molecule has 0 radical (unpaired) electrons. The van der Waals surface area contributed by atoms with E-state index >= 15 is 0 Å². The van der Waals surface area contributed by atoms with E-state index in [4.69, 9.17) is 86.9 Å². The van der Waals surface area contributed by atoms with Gasteiger partial charge in [0, 0.05) is 57.4 Å². The molecular weight excluding hydrogens is 1230 g/mol. The van der Waals surface area contributed by atoms with Gasteiger partial charge in [0.15, 0.2) is 0 Å². The Kier molecular flexibility index (Phi) is 24.9. The Morgan fingerprint density at radius 2 is 0.935 bits per heavy atom. The topological polar surface area (TPSA) is 249 Å². The molecule has 2 aromatic heterocycles. The van der Waals surface area contributed by atoms with Crippen LogP contribution in [0.25, 0.3) is 0 Å². The van der Waals surface area contributed by atoms with Gasteiger partial charge in [-0.25, -0.2) is 26.8 Å². The van der Waals surface area contributed by atoms with Crippen molar-refractivity contribution in [3.63, 3.8) is 0 Å². The van der Waals surface area contributed by atoms with E-state index in [1.807, 2.05) is 4.72 Å². The molecule has 0 saturated carbocycles. The van der Waals surface area contributed by atoms with Gasteiger partial charge < -0.3 is 21.0 Å². The molecule has 6 aromatic rings. The van der Waals surface area contributed by atoms with Crippen LogP contribution in [0.2, 0.25) is 30.1 Å². The number of amides is 2. The minimum Gasteiger partial charge on any atom is -0.870 e. The molecule has 5 N–H and O–H groups in total. The molecule has 0 saturated heterocycles. The number of rotatable bonds is 12. The van der Waals surface area contributed by atoms with E-state index in [0.29, 0.717) is 17.7 Å². The van der Waals surface area contributed by atoms with Gasteiger partial charge >= 0.3 is 47.3 Å². The van der Waals surface area contributed by atoms with Crippen molar-refractivity contribution in [2.75, 3.05) is 43.4 Å². The number of anilines is 3. The van der Waals surface area contributed by atoms with Crippen LogP contribution in [-0.4, -0.2) is 93.1 Å². The summed E-state index contributed by atoms with van der Waals surface area (Å²) in [7, 11) is -2.94. The van der Waals surface area contributed by atoms with Crippen molar-refractivity contribution >= 4 is 141 Å². The predicted octanol–water partition coefficient (Wildman–Crippen LogP) is 9.13. The smallest absolute Gasteiger partial charge is 0.870 e. The van der Waals surface area contributed by atoms with Gasteiger partial charge in [0.2, 0.25) is 17.5 Å². The third-order valence-corrected chi connectivity index (χ3v) is 14.2. The summed E-state index contributed by atoms with van der Waals surface area (Å²) in [5.41, 5.74) is 1.94. The molecule has 0 bridgehead atoms. The van der Waals surface area contributed by atoms with Gasteiger partial charge in [-0.15, -0.1) is 0 Å². The van der Waals surface area contributed by atoms with Crippen LogP contribution >= 0.6 is 81.2 Å². The molecule has 0 aliphatic rings. The Balaban J connectivity index is 0.000000468. The van der Waals surface area contributed by atoms with Crippen LogP contribution in [0.5, 0.6) is 0 Å². The van der Waals surface area contributed by atoms with Crippen LogP contribution in [0.4, 0.5) is 48.2 Å². The molecule has 0 unspecified atom stereocenters. The minimum absolute atomic E-state index is 0. The number of nitrogens with zero attached hydrogens (tertiary/aromatic N) is 4. The van der Waals surface area contributed by atoms with Crippen molar-refractivity contribution in [3.8, 4) is 0 Å². The maximum Gasteiger partial charge on any atom is 1.00 e. The van der Waals surface area contributed by atoms with Crippen LogP contribution in [-0.2, 0) is 43.6 Å². The molecule has 16 nitrogen and oxygen atoms in total. The summed E-state index contributed by atoms with van der Waals surface area (Å²) >= 11 is 40.1. The largest absolute Gasteiger partial charge is 1.00 e. The zero-order valence-electron chi connectivity index (χ0n) is 39.8. The van der Waals surface area contributed by atoms with Crippen LogP contribution in [0, 0.1) is 0 Å². The summed E-state index contributed by atoms with van der Waals surface area (Å²) in [4.78, 5) is 57.1. The molecule has 4 aromatic carbocycles. The summed E-state index contributed by atoms with van der Waals surface area (Å²) in [5, 5.41) is -1.86. The van der Waals surface area contributed by atoms with Crippen LogP contribution in [0.15, 0.2) is 107 Å². The van der Waals surface area contributed by atoms with Crippen LogP contribution < -0.4 is 44.7 Å². The summed E-state index contributed by atoms with van der Waals surface area (Å²) < 4.78 is 135. The maximum atomic E-state index is 13.3. The fraction of sp³-hybridized carbons (Fsp3) is 0.156. The van der Waals surface area contributed by atoms with E-state index in [2.05, 4.69) is 14.7 Å². The summed E-state index contributed by atoms with van der Waals surface area (Å²) in [6, 6.07) is 14.7. The first-order valence-electron chi connectivity index (χ1n) is 20.1. The number of carbonyl (C=O) groups excluding carboxylic acids is 4. The molecule has 0 fully saturated rings. The predicted molar refractivity (Wildman–Crippen MR) is 276 cm³/mol. The van der Waals surface area contributed by atoms with Crippen molar-refractivity contribution in [2.24, 2.45) is 0 Å². The van der Waals surface area contributed by atoms with Crippen molar-refractivity contribution in [1.82, 2.24) is 19.8 Å². The summed E-state index contributed by atoms with van der Waals surface area (Å²) in [6.45, 7) is 0. The number of halogens is 13. The SMILES string of the molecule is CN(C)C(=O)Cc1ccc(Cl)c(C(=O)c2ncc(Cl)cc2NS(=O)(=O)c2ccc(Cl)c(C(F)(F)F)c2)c1.CN(C)C(=O)Cl.Nc1ccc(Cl)c(C(=O)c2ncc(Cl)cc2NS(=O)(=O)c2ccc(Cl)c(C(F)(F)F)c2)c1.[Na+].[OH-]. The Morgan fingerprint density at radius 1 is 0.571 bits per heavy atom. The van der Waals surface area contributed by atoms with Crippen molar-refractivity contribution in [3.05, 3.63) is 167 Å². The second-order valence-electron chi connectivity index (χ2n) is 15.4. The Labute approximate surface area is 492 Å². The number of hydrogen-bond donors (Lipinski definition) is 3. The molecule has 408 valence electrons. The first kappa shape index (κ1) is 68.4. The van der Waals surface area contributed by atoms with Gasteiger partial charge in [-0.1, -0.05) is 75.7 Å². The number of nitrogen functional groups attached to an aromatic ring is 1. The summed E-state index contributed by atoms with van der Waals surface area (Å²) in [6.07, 6.45) is -7.64. The second-order valence-corrected chi connectivity index (χ2v) is 21.6. The van der Waals surface area contributed by atoms with Crippen LogP contribution in [0.3, 0.4) is 0 Å². The standard InChI is InChI=1S/C23H17Cl3F3N3O4S.C19H11Cl3F3N3O3S.C3H6ClNO.Na.H2O/c1-32(2)20(33)8-12-3-5-17(25)15(7-12)22(34)21-19(9-13(24)11-30-21)31-37(35,36)14-4-6-18(26)16(10-14)23(27,28)29;20-9-5-16(17(27-8-9)18(29)12-6-10(26)1-3-14(12)21)28-32(30,31)11-2-4-15(22)13(7-11)19(23,24)25;1-5(2)3(4)6;;/h3-7,9-11,31H,8H2,1-2H3;1-8,28H,26H2;1-2H3;;1H2/q;;;+1;/p-1. The van der Waals surface area contributed by atoms with Gasteiger partial charge in [-0.05, 0) is 96.0 Å². The van der Waals surface area contributed by atoms with Gasteiger partial charge in [0.25, 0.3) is 20.0 Å². The summed E-state index contributed by atoms with van der Waals surface area (Å²) in [5.74, 6) is -1.84. The van der Waals surface area contributed by atoms with E-state index in [1.165, 1.54) is 40.1 Å². The molecule has 77 heavy (non-hydrogen) atoms. The van der Waals surface area contributed by atoms with Crippen LogP contribution in [0.1, 0.15) is 48.8 Å². The normalized spacial score (nSPS) is 11.2. The van der Waals surface area contributed by atoms with E-state index < -0.39 is 97.4 Å². The fourth-order valence-electron chi connectivity index (χ4n) is 5.74. The van der Waals surface area contributed by atoms with Gasteiger partial charge in [-0.3, -0.25) is 28.6 Å². The molecule has 0 aliphatic carbocycles. The number of benzene rings is 4. The number of nitrogens with one attached hydrogen (secondary N) is 2. The van der Waals surface area contributed by atoms with Crippen molar-refractivity contribution in [1.29, 1.82) is 0 Å². The zero-order chi connectivity index (χ0) is 56.7. The average Bonchev–Trinajstić information content (AvgIpc) is 3.29. The molecule has 2 heterocycles. The second kappa shape index (κ2) is 28.0. The maximum absolute atomic E-state index is 13.3. The third-order valence-electron chi connectivity index (χ3n) is 9.45. The van der Waals surface area contributed by atoms with Gasteiger partial charge in [0.1, 0.15) is 11.4 Å². The zero-order valence-corrected chi connectivity index (χ0v) is 48.7. The van der Waals surface area contributed by atoms with Crippen molar-refractivity contribution < 1.29 is 97.4 Å². The number of likely N-dealkylation sites (N-methyl/N-ethyl adjacent to an activating group) is 1. The number of ketones is 2. The van der Waals surface area contributed by atoms with Gasteiger partial charge in [-0.2, -0.15) is 26.3 Å². The molecule has 32 heteroatoms. The molecule has 0 spiro atoms. The molecular formula is C45H35Cl7F6N7NaO9S2. The van der Waals surface area contributed by atoms with Gasteiger partial charge in [0.05, 0.1) is 68.8 Å². The quantitative estimate of drug-likeness (QED) is 0.0259.